The lowest BCUT2D eigenvalue weighted by Gasteiger charge is -2.21. The summed E-state index contributed by atoms with van der Waals surface area (Å²) in [6, 6.07) is 8.23. The van der Waals surface area contributed by atoms with Gasteiger partial charge in [0.15, 0.2) is 0 Å². The zero-order valence-electron chi connectivity index (χ0n) is 9.20. The Morgan fingerprint density at radius 1 is 1.33 bits per heavy atom. The van der Waals surface area contributed by atoms with E-state index in [1.807, 2.05) is 31.2 Å². The van der Waals surface area contributed by atoms with Gasteiger partial charge < -0.3 is 10.4 Å². The first kappa shape index (κ1) is 12.5. The highest BCUT2D eigenvalue weighted by Gasteiger charge is 2.11. The van der Waals surface area contributed by atoms with Crippen LogP contribution in [0.15, 0.2) is 24.3 Å². The lowest BCUT2D eigenvalue weighted by Crippen LogP contribution is -2.32. The lowest BCUT2D eigenvalue weighted by molar-refractivity contribution is 0.239. The second-order valence-electron chi connectivity index (χ2n) is 3.76. The Bertz CT molecular complexity index is 286. The molecule has 3 heteroatoms. The molecule has 2 N–H and O–H groups in total. The molecule has 1 aromatic rings. The monoisotopic (exact) mass is 227 g/mol. The predicted molar refractivity (Wildman–Crippen MR) is 64.2 cm³/mol. The molecule has 0 aliphatic rings. The number of aliphatic hydroxyl groups excluding tert-OH is 1. The molecule has 0 heterocycles. The van der Waals surface area contributed by atoms with Gasteiger partial charge >= 0.3 is 0 Å². The lowest BCUT2D eigenvalue weighted by atomic mass is 10.0. The van der Waals surface area contributed by atoms with Crippen LogP contribution in [-0.2, 0) is 0 Å². The largest absolute Gasteiger partial charge is 0.395 e. The van der Waals surface area contributed by atoms with Crippen molar-refractivity contribution in [3.05, 3.63) is 34.9 Å². The van der Waals surface area contributed by atoms with Gasteiger partial charge in [0.05, 0.1) is 6.61 Å². The average molecular weight is 228 g/mol. The fraction of sp³-hybridized carbons (Fsp3) is 0.500. The summed E-state index contributed by atoms with van der Waals surface area (Å²) in [7, 11) is 0. The molecular weight excluding hydrogens is 210 g/mol. The summed E-state index contributed by atoms with van der Waals surface area (Å²) in [6.07, 6.45) is 0.992. The van der Waals surface area contributed by atoms with E-state index < -0.39 is 0 Å². The van der Waals surface area contributed by atoms with E-state index in [9.17, 15) is 0 Å². The summed E-state index contributed by atoms with van der Waals surface area (Å²) in [4.78, 5) is 0. The molecule has 0 saturated carbocycles. The van der Waals surface area contributed by atoms with Gasteiger partial charge in [0.25, 0.3) is 0 Å². The van der Waals surface area contributed by atoms with Gasteiger partial charge in [-0.2, -0.15) is 0 Å². The van der Waals surface area contributed by atoms with Crippen LogP contribution in [0.5, 0.6) is 0 Å². The normalized spacial score (nSPS) is 14.9. The van der Waals surface area contributed by atoms with Gasteiger partial charge in [-0.3, -0.25) is 0 Å². The summed E-state index contributed by atoms with van der Waals surface area (Å²) in [5.41, 5.74) is 1.21. The highest BCUT2D eigenvalue weighted by molar-refractivity contribution is 6.30. The highest BCUT2D eigenvalue weighted by atomic mass is 35.5. The predicted octanol–water partition coefficient (Wildman–Crippen LogP) is 2.76. The molecule has 0 bridgehead atoms. The number of benzene rings is 1. The Morgan fingerprint density at radius 3 is 2.40 bits per heavy atom. The summed E-state index contributed by atoms with van der Waals surface area (Å²) in [5.74, 6) is 0. The molecule has 1 aromatic carbocycles. The Morgan fingerprint density at radius 2 is 1.93 bits per heavy atom. The van der Waals surface area contributed by atoms with Crippen molar-refractivity contribution in [2.45, 2.75) is 32.4 Å². The first-order valence-electron chi connectivity index (χ1n) is 5.29. The summed E-state index contributed by atoms with van der Waals surface area (Å²) >= 11 is 5.83. The number of nitrogens with one attached hydrogen (secondary N) is 1. The fourth-order valence-electron chi connectivity index (χ4n) is 1.54. The molecule has 0 radical (unpaired) electrons. The van der Waals surface area contributed by atoms with E-state index in [1.165, 1.54) is 5.56 Å². The topological polar surface area (TPSA) is 32.3 Å². The van der Waals surface area contributed by atoms with Gasteiger partial charge in [0.1, 0.15) is 0 Å². The number of hydrogen-bond acceptors (Lipinski definition) is 2. The van der Waals surface area contributed by atoms with Crippen LogP contribution in [0.3, 0.4) is 0 Å². The highest BCUT2D eigenvalue weighted by Crippen LogP contribution is 2.19. The molecule has 0 aromatic heterocycles. The molecule has 15 heavy (non-hydrogen) atoms. The van der Waals surface area contributed by atoms with Crippen LogP contribution < -0.4 is 5.32 Å². The zero-order chi connectivity index (χ0) is 11.3. The van der Waals surface area contributed by atoms with Crippen molar-refractivity contribution >= 4 is 11.6 Å². The number of halogens is 1. The molecule has 0 aliphatic heterocycles. The summed E-state index contributed by atoms with van der Waals surface area (Å²) < 4.78 is 0. The third-order valence-electron chi connectivity index (χ3n) is 2.44. The molecule has 0 aliphatic carbocycles. The quantitative estimate of drug-likeness (QED) is 0.811. The van der Waals surface area contributed by atoms with E-state index in [2.05, 4.69) is 12.2 Å². The molecule has 2 atom stereocenters. The van der Waals surface area contributed by atoms with Crippen molar-refractivity contribution in [2.24, 2.45) is 0 Å². The van der Waals surface area contributed by atoms with E-state index in [4.69, 9.17) is 16.7 Å². The van der Waals surface area contributed by atoms with E-state index in [1.54, 1.807) is 0 Å². The minimum Gasteiger partial charge on any atom is -0.395 e. The van der Waals surface area contributed by atoms with Gasteiger partial charge in [0, 0.05) is 17.1 Å². The average Bonchev–Trinajstić information content (AvgIpc) is 2.27. The van der Waals surface area contributed by atoms with Gasteiger partial charge in [-0.15, -0.1) is 0 Å². The first-order chi connectivity index (χ1) is 7.17. The number of hydrogen-bond donors (Lipinski definition) is 2. The second-order valence-corrected chi connectivity index (χ2v) is 4.20. The molecule has 0 fully saturated rings. The minimum atomic E-state index is 0.116. The van der Waals surface area contributed by atoms with E-state index in [0.717, 1.165) is 11.4 Å². The fourth-order valence-corrected chi connectivity index (χ4v) is 1.67. The van der Waals surface area contributed by atoms with E-state index in [-0.39, 0.29) is 18.7 Å². The van der Waals surface area contributed by atoms with E-state index >= 15 is 0 Å². The van der Waals surface area contributed by atoms with Gasteiger partial charge in [-0.05, 0) is 31.0 Å². The van der Waals surface area contributed by atoms with Crippen molar-refractivity contribution in [1.82, 2.24) is 5.32 Å². The summed E-state index contributed by atoms with van der Waals surface area (Å²) in [6.45, 7) is 4.25. The van der Waals surface area contributed by atoms with Crippen LogP contribution >= 0.6 is 11.6 Å². The number of aliphatic hydroxyl groups is 1. The van der Waals surface area contributed by atoms with Crippen LogP contribution in [0.1, 0.15) is 31.9 Å². The van der Waals surface area contributed by atoms with Crippen LogP contribution in [0, 0.1) is 0 Å². The Labute approximate surface area is 96.3 Å². The maximum absolute atomic E-state index is 8.99. The molecule has 0 spiro atoms. The van der Waals surface area contributed by atoms with Crippen molar-refractivity contribution in [3.63, 3.8) is 0 Å². The third kappa shape index (κ3) is 3.82. The zero-order valence-corrected chi connectivity index (χ0v) is 9.96. The maximum atomic E-state index is 8.99. The van der Waals surface area contributed by atoms with E-state index in [0.29, 0.717) is 0 Å². The Kier molecular flexibility index (Phi) is 5.09. The van der Waals surface area contributed by atoms with Crippen LogP contribution in [0.4, 0.5) is 0 Å². The maximum Gasteiger partial charge on any atom is 0.0582 e. The molecule has 0 saturated heterocycles. The number of rotatable bonds is 5. The van der Waals surface area contributed by atoms with Gasteiger partial charge in [-0.25, -0.2) is 0 Å². The van der Waals surface area contributed by atoms with Crippen molar-refractivity contribution < 1.29 is 5.11 Å². The second kappa shape index (κ2) is 6.11. The Hall–Kier alpha value is -0.570. The van der Waals surface area contributed by atoms with Crippen molar-refractivity contribution in [2.75, 3.05) is 6.61 Å². The molecular formula is C12H18ClNO. The third-order valence-corrected chi connectivity index (χ3v) is 2.69. The van der Waals surface area contributed by atoms with Crippen LogP contribution in [0.2, 0.25) is 5.02 Å². The van der Waals surface area contributed by atoms with Gasteiger partial charge in [-0.1, -0.05) is 30.7 Å². The molecule has 2 nitrogen and oxygen atoms in total. The standard InChI is InChI=1S/C12H18ClNO/c1-3-12(14-9(2)8-15)10-4-6-11(13)7-5-10/h4-7,9,12,14-15H,3,8H2,1-2H3/t9-,12?/m0/s1. The first-order valence-corrected chi connectivity index (χ1v) is 5.67. The Balaban J connectivity index is 2.69. The van der Waals surface area contributed by atoms with Crippen molar-refractivity contribution in [1.29, 1.82) is 0 Å². The van der Waals surface area contributed by atoms with Crippen molar-refractivity contribution in [3.8, 4) is 0 Å². The van der Waals surface area contributed by atoms with Gasteiger partial charge in [0.2, 0.25) is 0 Å². The van der Waals surface area contributed by atoms with Crippen LogP contribution in [-0.4, -0.2) is 17.8 Å². The minimum absolute atomic E-state index is 0.116. The molecule has 1 rings (SSSR count). The SMILES string of the molecule is CCC(N[C@@H](C)CO)c1ccc(Cl)cc1. The molecule has 0 amide bonds. The molecule has 84 valence electrons. The summed E-state index contributed by atoms with van der Waals surface area (Å²) in [5, 5.41) is 13.1. The van der Waals surface area contributed by atoms with Crippen LogP contribution in [0.25, 0.3) is 0 Å². The smallest absolute Gasteiger partial charge is 0.0582 e. The molecule has 1 unspecified atom stereocenters.